The number of azo groups is 4. The van der Waals surface area contributed by atoms with E-state index in [1.165, 1.54) is 29.9 Å². The van der Waals surface area contributed by atoms with Crippen molar-refractivity contribution >= 4 is 75.3 Å². The summed E-state index contributed by atoms with van der Waals surface area (Å²) < 4.78 is 53.4. The van der Waals surface area contributed by atoms with Crippen molar-refractivity contribution in [2.24, 2.45) is 40.9 Å². The number of carbonyl (C=O) groups excluding carboxylic acids is 5. The smallest absolute Gasteiger partial charge is 0.330 e. The number of esters is 5. The summed E-state index contributed by atoms with van der Waals surface area (Å²) in [6, 6.07) is 52.8. The largest absolute Gasteiger partial charge is 0.494 e. The van der Waals surface area contributed by atoms with Gasteiger partial charge in [0.1, 0.15) is 28.7 Å². The van der Waals surface area contributed by atoms with E-state index in [-0.39, 0.29) is 23.9 Å². The van der Waals surface area contributed by atoms with Crippen LogP contribution in [0.15, 0.2) is 274 Å². The van der Waals surface area contributed by atoms with Gasteiger partial charge in [-0.2, -0.15) is 40.9 Å². The number of aryl methyl sites for hydroxylation is 1. The first-order chi connectivity index (χ1) is 53.9. The van der Waals surface area contributed by atoms with Crippen LogP contribution in [0.25, 0.3) is 0 Å². The van der Waals surface area contributed by atoms with Gasteiger partial charge in [-0.1, -0.05) is 58.4 Å². The van der Waals surface area contributed by atoms with Crippen LogP contribution in [0.3, 0.4) is 0 Å². The van der Waals surface area contributed by atoms with E-state index in [2.05, 4.69) is 92.9 Å². The number of benzene rings is 7. The fourth-order valence-corrected chi connectivity index (χ4v) is 9.51. The SMILES string of the molecule is C=CC(=O)OCCCCCCOc1ccc(N=Nc2ccc(N=Nc3ccc(OCCCCCCOC(=O)C=C)cc3)cc2)cc1.C=CC(=O)OCCCCCCOc1ccc(N=Nc2ccc(OCCCCCCOC(=O)C=C)cc2)cc1.C=CC(=O)OCCCOc1ccc(N=Nc2ccc(CCC)cc2)cc1. The maximum atomic E-state index is 11.0. The molecule has 0 saturated carbocycles. The van der Waals surface area contributed by atoms with E-state index in [9.17, 15) is 24.0 Å². The highest BCUT2D eigenvalue weighted by molar-refractivity contribution is 5.82. The zero-order valence-corrected chi connectivity index (χ0v) is 63.3. The summed E-state index contributed by atoms with van der Waals surface area (Å²) in [5, 5.41) is 34.2. The second-order valence-corrected chi connectivity index (χ2v) is 24.3. The van der Waals surface area contributed by atoms with Crippen LogP contribution in [-0.2, 0) is 54.1 Å². The maximum absolute atomic E-state index is 11.0. The summed E-state index contributed by atoms with van der Waals surface area (Å²) in [5.41, 5.74) is 7.24. The molecule has 7 aromatic rings. The highest BCUT2D eigenvalue weighted by Gasteiger charge is 2.06. The summed E-state index contributed by atoms with van der Waals surface area (Å²) in [5.74, 6) is 1.97. The Bertz CT molecular complexity index is 3730. The summed E-state index contributed by atoms with van der Waals surface area (Å²) in [4.78, 5) is 54.8. The van der Waals surface area contributed by atoms with Crippen molar-refractivity contribution in [2.75, 3.05) is 66.1 Å². The predicted molar refractivity (Wildman–Crippen MR) is 428 cm³/mol. The second-order valence-electron chi connectivity index (χ2n) is 24.3. The first-order valence-electron chi connectivity index (χ1n) is 37.3. The molecule has 23 heteroatoms. The second kappa shape index (κ2) is 57.2. The minimum atomic E-state index is -0.417. The van der Waals surface area contributed by atoms with Crippen LogP contribution in [-0.4, -0.2) is 95.9 Å². The van der Waals surface area contributed by atoms with Crippen molar-refractivity contribution in [3.63, 3.8) is 0 Å². The zero-order chi connectivity index (χ0) is 78.5. The average Bonchev–Trinajstić information content (AvgIpc) is 0.891. The van der Waals surface area contributed by atoms with Gasteiger partial charge in [0.05, 0.1) is 112 Å². The third-order valence-electron chi connectivity index (χ3n) is 15.5. The maximum Gasteiger partial charge on any atom is 0.330 e. The van der Waals surface area contributed by atoms with E-state index in [0.717, 1.165) is 185 Å². The lowest BCUT2D eigenvalue weighted by Gasteiger charge is -2.07. The molecule has 0 aliphatic heterocycles. The van der Waals surface area contributed by atoms with E-state index in [4.69, 9.17) is 47.4 Å². The number of ether oxygens (including phenoxy) is 10. The molecule has 23 nitrogen and oxygen atoms in total. The van der Waals surface area contributed by atoms with Crippen LogP contribution >= 0.6 is 0 Å². The highest BCUT2D eigenvalue weighted by atomic mass is 16.6. The summed E-state index contributed by atoms with van der Waals surface area (Å²) in [6.45, 7) is 24.0. The molecule has 0 saturated heterocycles. The Morgan fingerprint density at radius 1 is 0.236 bits per heavy atom. The van der Waals surface area contributed by atoms with E-state index in [1.807, 2.05) is 158 Å². The van der Waals surface area contributed by atoms with Gasteiger partial charge in [0, 0.05) is 36.8 Å². The van der Waals surface area contributed by atoms with Crippen LogP contribution in [0.5, 0.6) is 28.7 Å². The lowest BCUT2D eigenvalue weighted by atomic mass is 10.1. The number of hydrogen-bond donors (Lipinski definition) is 0. The van der Waals surface area contributed by atoms with Crippen LogP contribution in [0, 0.1) is 0 Å². The first kappa shape index (κ1) is 88.6. The first-order valence-corrected chi connectivity index (χ1v) is 37.3. The van der Waals surface area contributed by atoms with Crippen molar-refractivity contribution in [1.82, 2.24) is 0 Å². The van der Waals surface area contributed by atoms with Crippen molar-refractivity contribution in [3.8, 4) is 28.7 Å². The van der Waals surface area contributed by atoms with Crippen molar-refractivity contribution in [3.05, 3.63) is 239 Å². The number of unbranched alkanes of at least 4 members (excludes halogenated alkanes) is 12. The molecular weight excluding hydrogens is 1400 g/mol. The molecule has 0 atom stereocenters. The topological polar surface area (TPSA) is 277 Å². The lowest BCUT2D eigenvalue weighted by molar-refractivity contribution is -0.138. The number of carbonyl (C=O) groups is 5. The van der Waals surface area contributed by atoms with Gasteiger partial charge in [-0.25, -0.2) is 24.0 Å². The summed E-state index contributed by atoms with van der Waals surface area (Å²) >= 11 is 0. The van der Waals surface area contributed by atoms with Crippen LogP contribution < -0.4 is 23.7 Å². The molecule has 7 rings (SSSR count). The van der Waals surface area contributed by atoms with Crippen LogP contribution in [0.1, 0.15) is 128 Å². The standard InChI is InChI=1S/C36H42N4O6.C30H38N2O6.C21H24N2O3/c1-3-35(41)45-27-11-7-5-9-25-43-33-21-17-31(18-22-33)39-37-29-13-15-30(16-14-29)38-40-32-19-23-34(24-20-32)44-26-10-6-8-12-28-46-36(42)4-2;1-3-29(33)37-23-11-7-5-9-21-35-27-17-13-25(14-18-27)31-32-26-15-19-28(20-16-26)36-22-10-6-8-12-24-38-30(34)4-2;1-3-6-17-7-9-18(10-8-17)22-23-19-11-13-20(14-12-19)25-15-5-16-26-21(24)4-2/h3-4,13-24H,1-2,5-12,25-28H2;3-4,13-20H,1-2,5-12,21-24H2;4,7-14H,2-3,5-6,15-16H2,1H3. The molecule has 0 unspecified atom stereocenters. The van der Waals surface area contributed by atoms with Gasteiger partial charge in [0.25, 0.3) is 0 Å². The van der Waals surface area contributed by atoms with Crippen molar-refractivity contribution in [1.29, 1.82) is 0 Å². The molecule has 0 spiro atoms. The third-order valence-corrected chi connectivity index (χ3v) is 15.5. The normalized spacial score (nSPS) is 10.8. The monoisotopic (exact) mass is 1500 g/mol. The Hall–Kier alpha value is -12.0. The molecular formula is C87H104N8O15. The van der Waals surface area contributed by atoms with Gasteiger partial charge in [0.15, 0.2) is 0 Å². The molecule has 0 amide bonds. The summed E-state index contributed by atoms with van der Waals surface area (Å²) in [6.07, 6.45) is 23.7. The minimum absolute atomic E-state index is 0.314. The molecule has 0 bridgehead atoms. The fourth-order valence-electron chi connectivity index (χ4n) is 9.51. The Labute approximate surface area is 646 Å². The Morgan fingerprint density at radius 2 is 0.400 bits per heavy atom. The molecule has 0 heterocycles. The van der Waals surface area contributed by atoms with Crippen molar-refractivity contribution in [2.45, 2.75) is 129 Å². The predicted octanol–water partition coefficient (Wildman–Crippen LogP) is 22.8. The van der Waals surface area contributed by atoms with Crippen molar-refractivity contribution < 1.29 is 71.3 Å². The molecule has 0 aliphatic rings. The molecule has 0 N–H and O–H groups in total. The minimum Gasteiger partial charge on any atom is -0.494 e. The third kappa shape index (κ3) is 42.4. The quantitative estimate of drug-likeness (QED) is 0.0113. The molecule has 582 valence electrons. The average molecular weight is 1500 g/mol. The van der Waals surface area contributed by atoms with Gasteiger partial charge in [-0.05, 0) is 272 Å². The van der Waals surface area contributed by atoms with E-state index in [0.29, 0.717) is 83.9 Å². The van der Waals surface area contributed by atoms with E-state index in [1.54, 1.807) is 0 Å². The van der Waals surface area contributed by atoms with Gasteiger partial charge >= 0.3 is 29.8 Å². The molecule has 110 heavy (non-hydrogen) atoms. The molecule has 0 radical (unpaired) electrons. The molecule has 0 aliphatic carbocycles. The lowest BCUT2D eigenvalue weighted by Crippen LogP contribution is -2.06. The molecule has 0 fully saturated rings. The Kier molecular flexibility index (Phi) is 46.1. The van der Waals surface area contributed by atoms with Gasteiger partial charge in [-0.15, -0.1) is 0 Å². The Morgan fingerprint density at radius 3 is 0.591 bits per heavy atom. The number of hydrogen-bond acceptors (Lipinski definition) is 23. The number of rotatable bonds is 52. The molecule has 0 aromatic heterocycles. The van der Waals surface area contributed by atoms with Gasteiger partial charge in [0.2, 0.25) is 0 Å². The van der Waals surface area contributed by atoms with E-state index < -0.39 is 5.97 Å². The van der Waals surface area contributed by atoms with Crippen LogP contribution in [0.4, 0.5) is 45.5 Å². The Balaban J connectivity index is 0.000000306. The molecule has 7 aromatic carbocycles. The zero-order valence-electron chi connectivity index (χ0n) is 63.3. The fraction of sp³-hybridized carbons (Fsp3) is 0.345. The highest BCUT2D eigenvalue weighted by Crippen LogP contribution is 2.28. The van der Waals surface area contributed by atoms with E-state index >= 15 is 0 Å². The summed E-state index contributed by atoms with van der Waals surface area (Å²) in [7, 11) is 0. The van der Waals surface area contributed by atoms with Gasteiger partial charge in [-0.3, -0.25) is 0 Å². The van der Waals surface area contributed by atoms with Crippen LogP contribution in [0.2, 0.25) is 0 Å². The number of nitrogens with zero attached hydrogens (tertiary/aromatic N) is 8. The van der Waals surface area contributed by atoms with Gasteiger partial charge < -0.3 is 47.4 Å².